The van der Waals surface area contributed by atoms with Crippen LogP contribution in [-0.2, 0) is 13.6 Å². The van der Waals surface area contributed by atoms with Crippen LogP contribution in [-0.4, -0.2) is 22.9 Å². The maximum Gasteiger partial charge on any atom is 0.126 e. The minimum atomic E-state index is 0.728. The van der Waals surface area contributed by atoms with Crippen molar-refractivity contribution < 1.29 is 4.74 Å². The van der Waals surface area contributed by atoms with Crippen LogP contribution in [0.5, 0.6) is 5.75 Å². The Bertz CT molecular complexity index is 461. The molecule has 0 aliphatic carbocycles. The molecule has 1 aliphatic rings. The molecule has 0 spiro atoms. The van der Waals surface area contributed by atoms with Gasteiger partial charge >= 0.3 is 0 Å². The Hall–Kier alpha value is -1.55. The molecule has 0 radical (unpaired) electrons. The third-order valence-corrected chi connectivity index (χ3v) is 2.65. The number of nitrogens with zero attached hydrogens (tertiary/aromatic N) is 2. The van der Waals surface area contributed by atoms with Gasteiger partial charge in [0.1, 0.15) is 12.4 Å². The SMILES string of the molecule is Cn1cc2cc3c(cc2n1)OCCNC3. The third-order valence-electron chi connectivity index (χ3n) is 2.65. The Morgan fingerprint density at radius 1 is 1.47 bits per heavy atom. The van der Waals surface area contributed by atoms with Gasteiger partial charge in [-0.15, -0.1) is 0 Å². The molecule has 4 nitrogen and oxygen atoms in total. The molecule has 0 fully saturated rings. The van der Waals surface area contributed by atoms with E-state index in [0.29, 0.717) is 0 Å². The van der Waals surface area contributed by atoms with E-state index in [9.17, 15) is 0 Å². The molecule has 0 unspecified atom stereocenters. The van der Waals surface area contributed by atoms with Gasteiger partial charge in [0.25, 0.3) is 0 Å². The highest BCUT2D eigenvalue weighted by molar-refractivity contribution is 5.81. The first-order valence-electron chi connectivity index (χ1n) is 5.13. The van der Waals surface area contributed by atoms with Crippen molar-refractivity contribution in [3.8, 4) is 5.75 Å². The van der Waals surface area contributed by atoms with E-state index in [0.717, 1.165) is 31.0 Å². The number of fused-ring (bicyclic) bond motifs is 2. The molecule has 78 valence electrons. The Morgan fingerprint density at radius 3 is 3.33 bits per heavy atom. The number of hydrogen-bond acceptors (Lipinski definition) is 3. The van der Waals surface area contributed by atoms with Crippen LogP contribution in [0, 0.1) is 0 Å². The molecule has 0 bridgehead atoms. The summed E-state index contributed by atoms with van der Waals surface area (Å²) in [6.45, 7) is 2.51. The van der Waals surface area contributed by atoms with Gasteiger partial charge in [0, 0.05) is 43.4 Å². The first-order valence-corrected chi connectivity index (χ1v) is 5.13. The Labute approximate surface area is 87.8 Å². The number of aromatic nitrogens is 2. The van der Waals surface area contributed by atoms with E-state index in [1.165, 1.54) is 10.9 Å². The summed E-state index contributed by atoms with van der Waals surface area (Å²) in [5, 5.41) is 8.86. The zero-order chi connectivity index (χ0) is 10.3. The fourth-order valence-electron chi connectivity index (χ4n) is 1.95. The summed E-state index contributed by atoms with van der Waals surface area (Å²) in [5.74, 6) is 0.964. The lowest BCUT2D eigenvalue weighted by molar-refractivity contribution is 0.326. The summed E-state index contributed by atoms with van der Waals surface area (Å²) in [6.07, 6.45) is 2.03. The molecule has 15 heavy (non-hydrogen) atoms. The molecule has 0 saturated carbocycles. The van der Waals surface area contributed by atoms with Crippen LogP contribution in [0.4, 0.5) is 0 Å². The quantitative estimate of drug-likeness (QED) is 0.695. The van der Waals surface area contributed by atoms with Crippen LogP contribution >= 0.6 is 0 Å². The molecule has 1 N–H and O–H groups in total. The largest absolute Gasteiger partial charge is 0.492 e. The van der Waals surface area contributed by atoms with Crippen molar-refractivity contribution in [2.45, 2.75) is 6.54 Å². The molecular formula is C11H13N3O. The van der Waals surface area contributed by atoms with Crippen molar-refractivity contribution >= 4 is 10.9 Å². The van der Waals surface area contributed by atoms with Crippen LogP contribution in [0.1, 0.15) is 5.56 Å². The molecule has 0 saturated heterocycles. The van der Waals surface area contributed by atoms with Gasteiger partial charge in [-0.3, -0.25) is 4.68 Å². The topological polar surface area (TPSA) is 39.1 Å². The molecule has 0 amide bonds. The van der Waals surface area contributed by atoms with Gasteiger partial charge < -0.3 is 10.1 Å². The molecule has 4 heteroatoms. The van der Waals surface area contributed by atoms with Crippen molar-refractivity contribution in [3.63, 3.8) is 0 Å². The minimum absolute atomic E-state index is 0.728. The van der Waals surface area contributed by atoms with E-state index in [4.69, 9.17) is 4.74 Å². The van der Waals surface area contributed by atoms with E-state index >= 15 is 0 Å². The van der Waals surface area contributed by atoms with E-state index in [-0.39, 0.29) is 0 Å². The van der Waals surface area contributed by atoms with Gasteiger partial charge in [0.05, 0.1) is 5.52 Å². The molecular weight excluding hydrogens is 190 g/mol. The normalized spacial score (nSPS) is 15.8. The molecule has 1 aliphatic heterocycles. The molecule has 2 aromatic rings. The standard InChI is InChI=1S/C11H13N3O/c1-14-7-9-4-8-6-12-2-3-15-11(8)5-10(9)13-14/h4-5,7,12H,2-3,6H2,1H3. The van der Waals surface area contributed by atoms with Crippen molar-refractivity contribution in [1.29, 1.82) is 0 Å². The summed E-state index contributed by atoms with van der Waals surface area (Å²) in [5.41, 5.74) is 2.21. The maximum atomic E-state index is 5.65. The summed E-state index contributed by atoms with van der Waals surface area (Å²) >= 11 is 0. The first-order chi connectivity index (χ1) is 7.33. The minimum Gasteiger partial charge on any atom is -0.492 e. The first kappa shape index (κ1) is 8.73. The van der Waals surface area contributed by atoms with Crippen molar-refractivity contribution in [3.05, 3.63) is 23.9 Å². The average Bonchev–Trinajstić information content (AvgIpc) is 2.44. The van der Waals surface area contributed by atoms with Gasteiger partial charge in [0.2, 0.25) is 0 Å². The predicted molar refractivity (Wildman–Crippen MR) is 57.9 cm³/mol. The van der Waals surface area contributed by atoms with E-state index in [2.05, 4.69) is 16.5 Å². The number of benzene rings is 1. The lowest BCUT2D eigenvalue weighted by Gasteiger charge is -2.05. The van der Waals surface area contributed by atoms with Gasteiger partial charge in [-0.25, -0.2) is 0 Å². The second-order valence-corrected chi connectivity index (χ2v) is 3.85. The second kappa shape index (κ2) is 3.24. The third kappa shape index (κ3) is 1.47. The van der Waals surface area contributed by atoms with Crippen LogP contribution in [0.15, 0.2) is 18.3 Å². The predicted octanol–water partition coefficient (Wildman–Crippen LogP) is 1.06. The molecule has 1 aromatic heterocycles. The maximum absolute atomic E-state index is 5.65. The van der Waals surface area contributed by atoms with Crippen molar-refractivity contribution in [2.24, 2.45) is 7.05 Å². The van der Waals surface area contributed by atoms with E-state index in [1.54, 1.807) is 0 Å². The Balaban J connectivity index is 2.19. The summed E-state index contributed by atoms with van der Waals surface area (Å²) in [7, 11) is 1.93. The number of hydrogen-bond donors (Lipinski definition) is 1. The fourth-order valence-corrected chi connectivity index (χ4v) is 1.95. The number of ether oxygens (including phenoxy) is 1. The molecule has 0 atom stereocenters. The number of aryl methyl sites for hydroxylation is 1. The Kier molecular flexibility index (Phi) is 1.89. The molecule has 3 rings (SSSR count). The van der Waals surface area contributed by atoms with Crippen LogP contribution in [0.3, 0.4) is 0 Å². The van der Waals surface area contributed by atoms with Crippen LogP contribution in [0.2, 0.25) is 0 Å². The van der Waals surface area contributed by atoms with Gasteiger partial charge in [-0.1, -0.05) is 0 Å². The lowest BCUT2D eigenvalue weighted by Crippen LogP contribution is -2.16. The van der Waals surface area contributed by atoms with Crippen LogP contribution in [0.25, 0.3) is 10.9 Å². The zero-order valence-corrected chi connectivity index (χ0v) is 8.66. The lowest BCUT2D eigenvalue weighted by atomic mass is 10.1. The highest BCUT2D eigenvalue weighted by atomic mass is 16.5. The number of nitrogens with one attached hydrogen (secondary N) is 1. The second-order valence-electron chi connectivity index (χ2n) is 3.85. The molecule has 1 aromatic carbocycles. The van der Waals surface area contributed by atoms with Gasteiger partial charge in [-0.05, 0) is 6.07 Å². The summed E-state index contributed by atoms with van der Waals surface area (Å²) in [6, 6.07) is 4.17. The summed E-state index contributed by atoms with van der Waals surface area (Å²) < 4.78 is 7.48. The Morgan fingerprint density at radius 2 is 2.40 bits per heavy atom. The average molecular weight is 203 g/mol. The molecule has 2 heterocycles. The smallest absolute Gasteiger partial charge is 0.126 e. The van der Waals surface area contributed by atoms with Crippen molar-refractivity contribution in [1.82, 2.24) is 15.1 Å². The zero-order valence-electron chi connectivity index (χ0n) is 8.66. The van der Waals surface area contributed by atoms with Crippen LogP contribution < -0.4 is 10.1 Å². The monoisotopic (exact) mass is 203 g/mol. The number of rotatable bonds is 0. The van der Waals surface area contributed by atoms with Gasteiger partial charge in [0.15, 0.2) is 0 Å². The van der Waals surface area contributed by atoms with E-state index < -0.39 is 0 Å². The van der Waals surface area contributed by atoms with E-state index in [1.807, 2.05) is 24.0 Å². The summed E-state index contributed by atoms with van der Waals surface area (Å²) in [4.78, 5) is 0. The fraction of sp³-hybridized carbons (Fsp3) is 0.364. The highest BCUT2D eigenvalue weighted by Crippen LogP contribution is 2.26. The highest BCUT2D eigenvalue weighted by Gasteiger charge is 2.11. The van der Waals surface area contributed by atoms with Crippen molar-refractivity contribution in [2.75, 3.05) is 13.2 Å². The van der Waals surface area contributed by atoms with Gasteiger partial charge in [-0.2, -0.15) is 5.10 Å².